The van der Waals surface area contributed by atoms with E-state index in [4.69, 9.17) is 0 Å². The molecule has 0 saturated heterocycles. The van der Waals surface area contributed by atoms with Gasteiger partial charge in [0.05, 0.1) is 5.69 Å². The van der Waals surface area contributed by atoms with Crippen molar-refractivity contribution in [2.45, 2.75) is 59.0 Å². The van der Waals surface area contributed by atoms with Crippen molar-refractivity contribution in [3.05, 3.63) is 11.3 Å². The van der Waals surface area contributed by atoms with E-state index in [9.17, 15) is 0 Å². The summed E-state index contributed by atoms with van der Waals surface area (Å²) in [4.78, 5) is 2.62. The lowest BCUT2D eigenvalue weighted by molar-refractivity contribution is 0.200. The molecule has 1 aromatic rings. The summed E-state index contributed by atoms with van der Waals surface area (Å²) in [5.74, 6) is 1.19. The molecule has 19 heavy (non-hydrogen) atoms. The van der Waals surface area contributed by atoms with Crippen LogP contribution >= 0.6 is 0 Å². The van der Waals surface area contributed by atoms with Crippen LogP contribution in [0.1, 0.15) is 50.8 Å². The SMILES string of the molecule is CCNc1c(CN(CC)C2CCCC2)c(C)nn1C. The van der Waals surface area contributed by atoms with Gasteiger partial charge in [-0.05, 0) is 33.2 Å². The first-order chi connectivity index (χ1) is 9.17. The normalized spacial score (nSPS) is 16.5. The molecular formula is C15H28N4. The predicted molar refractivity (Wildman–Crippen MR) is 80.4 cm³/mol. The Morgan fingerprint density at radius 1 is 1.32 bits per heavy atom. The number of rotatable bonds is 6. The van der Waals surface area contributed by atoms with E-state index in [-0.39, 0.29) is 0 Å². The molecule has 0 unspecified atom stereocenters. The first kappa shape index (κ1) is 14.4. The average Bonchev–Trinajstić information content (AvgIpc) is 2.99. The number of aromatic nitrogens is 2. The zero-order chi connectivity index (χ0) is 13.8. The van der Waals surface area contributed by atoms with Crippen LogP contribution < -0.4 is 5.32 Å². The van der Waals surface area contributed by atoms with Crippen molar-refractivity contribution in [1.29, 1.82) is 0 Å². The Labute approximate surface area is 117 Å². The lowest BCUT2D eigenvalue weighted by Crippen LogP contribution is -2.32. The van der Waals surface area contributed by atoms with Crippen molar-refractivity contribution in [2.75, 3.05) is 18.4 Å². The van der Waals surface area contributed by atoms with Gasteiger partial charge in [0, 0.05) is 31.7 Å². The van der Waals surface area contributed by atoms with E-state index < -0.39 is 0 Å². The summed E-state index contributed by atoms with van der Waals surface area (Å²) in [6.07, 6.45) is 5.52. The molecule has 0 aliphatic heterocycles. The molecule has 0 amide bonds. The van der Waals surface area contributed by atoms with Gasteiger partial charge in [-0.1, -0.05) is 19.8 Å². The quantitative estimate of drug-likeness (QED) is 0.857. The number of hydrogen-bond donors (Lipinski definition) is 1. The smallest absolute Gasteiger partial charge is 0.128 e. The van der Waals surface area contributed by atoms with Crippen molar-refractivity contribution in [1.82, 2.24) is 14.7 Å². The second-order valence-electron chi connectivity index (χ2n) is 5.57. The van der Waals surface area contributed by atoms with Crippen LogP contribution in [0.3, 0.4) is 0 Å². The fraction of sp³-hybridized carbons (Fsp3) is 0.800. The molecule has 2 rings (SSSR count). The average molecular weight is 264 g/mol. The highest BCUT2D eigenvalue weighted by molar-refractivity contribution is 5.47. The van der Waals surface area contributed by atoms with Gasteiger partial charge in [0.15, 0.2) is 0 Å². The first-order valence-electron chi connectivity index (χ1n) is 7.67. The van der Waals surface area contributed by atoms with Gasteiger partial charge >= 0.3 is 0 Å². The molecule has 1 heterocycles. The lowest BCUT2D eigenvalue weighted by Gasteiger charge is -2.27. The maximum Gasteiger partial charge on any atom is 0.128 e. The second kappa shape index (κ2) is 6.42. The standard InChI is InChI=1S/C15H28N4/c1-5-16-15-14(12(3)17-18(15)4)11-19(6-2)13-9-7-8-10-13/h13,16H,5-11H2,1-4H3. The summed E-state index contributed by atoms with van der Waals surface area (Å²) < 4.78 is 1.98. The third kappa shape index (κ3) is 3.11. The molecule has 4 nitrogen and oxygen atoms in total. The van der Waals surface area contributed by atoms with Crippen LogP contribution in [0, 0.1) is 6.92 Å². The van der Waals surface area contributed by atoms with Crippen LogP contribution in [-0.4, -0.2) is 33.8 Å². The molecule has 1 fully saturated rings. The van der Waals surface area contributed by atoms with Crippen LogP contribution in [0.15, 0.2) is 0 Å². The van der Waals surface area contributed by atoms with Gasteiger partial charge in [-0.2, -0.15) is 5.10 Å². The van der Waals surface area contributed by atoms with Gasteiger partial charge in [-0.3, -0.25) is 9.58 Å². The Hall–Kier alpha value is -1.03. The van der Waals surface area contributed by atoms with E-state index in [0.29, 0.717) is 0 Å². The third-order valence-corrected chi connectivity index (χ3v) is 4.30. The summed E-state index contributed by atoms with van der Waals surface area (Å²) in [6.45, 7) is 9.64. The van der Waals surface area contributed by atoms with Crippen molar-refractivity contribution in [3.8, 4) is 0 Å². The minimum absolute atomic E-state index is 0.777. The molecule has 1 aliphatic carbocycles. The van der Waals surface area contributed by atoms with Crippen LogP contribution in [0.25, 0.3) is 0 Å². The topological polar surface area (TPSA) is 33.1 Å². The van der Waals surface area contributed by atoms with E-state index in [2.05, 4.69) is 36.1 Å². The minimum Gasteiger partial charge on any atom is -0.370 e. The van der Waals surface area contributed by atoms with Crippen molar-refractivity contribution in [2.24, 2.45) is 7.05 Å². The minimum atomic E-state index is 0.777. The van der Waals surface area contributed by atoms with Crippen molar-refractivity contribution in [3.63, 3.8) is 0 Å². The molecule has 1 aliphatic rings. The van der Waals surface area contributed by atoms with E-state index in [1.807, 2.05) is 11.7 Å². The molecule has 4 heteroatoms. The fourth-order valence-electron chi connectivity index (χ4n) is 3.25. The van der Waals surface area contributed by atoms with Gasteiger partial charge < -0.3 is 5.32 Å². The summed E-state index contributed by atoms with van der Waals surface area (Å²) in [6, 6.07) is 0.777. The Bertz CT molecular complexity index is 405. The monoisotopic (exact) mass is 264 g/mol. The summed E-state index contributed by atoms with van der Waals surface area (Å²) in [5, 5.41) is 8.03. The Morgan fingerprint density at radius 2 is 2.00 bits per heavy atom. The Kier molecular flexibility index (Phi) is 4.86. The molecule has 0 radical (unpaired) electrons. The number of hydrogen-bond acceptors (Lipinski definition) is 3. The zero-order valence-corrected chi connectivity index (χ0v) is 12.9. The number of nitrogens with zero attached hydrogens (tertiary/aromatic N) is 3. The summed E-state index contributed by atoms with van der Waals surface area (Å²) >= 11 is 0. The highest BCUT2D eigenvalue weighted by Gasteiger charge is 2.24. The van der Waals surface area contributed by atoms with E-state index >= 15 is 0 Å². The van der Waals surface area contributed by atoms with E-state index in [1.165, 1.54) is 37.1 Å². The van der Waals surface area contributed by atoms with Gasteiger partial charge in [0.2, 0.25) is 0 Å². The van der Waals surface area contributed by atoms with Crippen LogP contribution in [0.4, 0.5) is 5.82 Å². The molecule has 1 saturated carbocycles. The highest BCUT2D eigenvalue weighted by atomic mass is 15.3. The molecular weight excluding hydrogens is 236 g/mol. The van der Waals surface area contributed by atoms with E-state index in [0.717, 1.165) is 31.4 Å². The molecule has 0 atom stereocenters. The zero-order valence-electron chi connectivity index (χ0n) is 12.9. The largest absolute Gasteiger partial charge is 0.370 e. The molecule has 0 spiro atoms. The van der Waals surface area contributed by atoms with Gasteiger partial charge in [-0.25, -0.2) is 0 Å². The van der Waals surface area contributed by atoms with Gasteiger partial charge in [0.1, 0.15) is 5.82 Å². The van der Waals surface area contributed by atoms with Crippen LogP contribution in [-0.2, 0) is 13.6 Å². The second-order valence-corrected chi connectivity index (χ2v) is 5.57. The number of anilines is 1. The Morgan fingerprint density at radius 3 is 2.58 bits per heavy atom. The number of aryl methyl sites for hydroxylation is 2. The first-order valence-corrected chi connectivity index (χ1v) is 7.67. The molecule has 0 bridgehead atoms. The summed E-state index contributed by atoms with van der Waals surface area (Å²) in [7, 11) is 2.03. The molecule has 1 aromatic heterocycles. The van der Waals surface area contributed by atoms with Crippen LogP contribution in [0.5, 0.6) is 0 Å². The van der Waals surface area contributed by atoms with Gasteiger partial charge in [-0.15, -0.1) is 0 Å². The van der Waals surface area contributed by atoms with Crippen molar-refractivity contribution < 1.29 is 0 Å². The van der Waals surface area contributed by atoms with Crippen molar-refractivity contribution >= 4 is 5.82 Å². The maximum atomic E-state index is 4.57. The molecule has 0 aromatic carbocycles. The summed E-state index contributed by atoms with van der Waals surface area (Å²) in [5.41, 5.74) is 2.54. The predicted octanol–water partition coefficient (Wildman–Crippen LogP) is 2.92. The maximum absolute atomic E-state index is 4.57. The van der Waals surface area contributed by atoms with Crippen LogP contribution in [0.2, 0.25) is 0 Å². The Balaban J connectivity index is 2.16. The number of nitrogens with one attached hydrogen (secondary N) is 1. The molecule has 108 valence electrons. The lowest BCUT2D eigenvalue weighted by atomic mass is 10.1. The van der Waals surface area contributed by atoms with E-state index in [1.54, 1.807) is 0 Å². The fourth-order valence-corrected chi connectivity index (χ4v) is 3.25. The van der Waals surface area contributed by atoms with Gasteiger partial charge in [0.25, 0.3) is 0 Å². The molecule has 1 N–H and O–H groups in total. The highest BCUT2D eigenvalue weighted by Crippen LogP contribution is 2.27. The third-order valence-electron chi connectivity index (χ3n) is 4.30.